The molecule has 0 bridgehead atoms. The molecule has 0 radical (unpaired) electrons. The minimum absolute atomic E-state index is 0.0617. The number of aliphatic imine (C=N–C) groups is 20. The van der Waals surface area contributed by atoms with Gasteiger partial charge in [-0.2, -0.15) is 54.9 Å². The SMILES string of the molecule is O=C1N=C(NN(C2=NC(=O)C3=NC=NC3=N2)N(C2=NC(=O)C3=NC=NC3=N2)N(C2=NC(=O)C3=NC=NC3=N2)N(Nc2nc3nc[nH]c3c(=O)[nH]2)C2=NC(=O)C3=NC=NC3=N2)N=C2N=CN=C12. The van der Waals surface area contributed by atoms with E-state index in [4.69, 9.17) is 0 Å². The summed E-state index contributed by atoms with van der Waals surface area (Å²) in [6, 6.07) is 0. The maximum absolute atomic E-state index is 13.8. The van der Waals surface area contributed by atoms with Crippen LogP contribution < -0.4 is 16.4 Å². The van der Waals surface area contributed by atoms with Crippen LogP contribution in [0.25, 0.3) is 11.2 Å². The Labute approximate surface area is 357 Å². The highest BCUT2D eigenvalue weighted by atomic mass is 16.2. The van der Waals surface area contributed by atoms with Gasteiger partial charge in [0.15, 0.2) is 68.9 Å². The fourth-order valence-electron chi connectivity index (χ4n) is 6.18. The molecule has 0 fully saturated rings. The quantitative estimate of drug-likeness (QED) is 0.204. The molecule has 66 heavy (non-hydrogen) atoms. The summed E-state index contributed by atoms with van der Waals surface area (Å²) in [4.78, 5) is 177. The highest BCUT2D eigenvalue weighted by molar-refractivity contribution is 6.74. The summed E-state index contributed by atoms with van der Waals surface area (Å²) in [5.41, 5.74) is 2.92. The van der Waals surface area contributed by atoms with Crippen LogP contribution >= 0.6 is 0 Å². The molecule has 0 aliphatic carbocycles. The van der Waals surface area contributed by atoms with Crippen LogP contribution in [0.4, 0.5) is 5.95 Å². The maximum atomic E-state index is 13.8. The summed E-state index contributed by atoms with van der Waals surface area (Å²) in [5, 5.41) is 2.57. The van der Waals surface area contributed by atoms with Crippen molar-refractivity contribution in [2.45, 2.75) is 0 Å². The van der Waals surface area contributed by atoms with Crippen molar-refractivity contribution in [1.82, 2.24) is 45.8 Å². The molecule has 0 aromatic carbocycles. The monoisotopic (exact) mass is 886 g/mol. The maximum Gasteiger partial charge on any atom is 0.302 e. The molecule has 12 heterocycles. The lowest BCUT2D eigenvalue weighted by molar-refractivity contribution is -0.136. The van der Waals surface area contributed by atoms with Gasteiger partial charge in [-0.1, -0.05) is 0 Å². The average Bonchev–Trinajstić information content (AvgIpc) is 4.15. The van der Waals surface area contributed by atoms with E-state index in [0.717, 1.165) is 31.7 Å². The zero-order valence-corrected chi connectivity index (χ0v) is 31.5. The first kappa shape index (κ1) is 36.7. The summed E-state index contributed by atoms with van der Waals surface area (Å²) in [6.45, 7) is 0. The number of fused-ring (bicyclic) bond motifs is 6. The van der Waals surface area contributed by atoms with Crippen LogP contribution in [-0.4, -0.2) is 189 Å². The molecule has 0 unspecified atom stereocenters. The Bertz CT molecular complexity index is 3560. The lowest BCUT2D eigenvalue weighted by Gasteiger charge is -2.45. The number of rotatable bonds is 2. The molecular formula is C30H10N30O6. The first-order chi connectivity index (χ1) is 32.1. The van der Waals surface area contributed by atoms with E-state index in [0.29, 0.717) is 20.5 Å². The number of carbonyl (C=O) groups excluding carboxylic acids is 5. The lowest BCUT2D eigenvalue weighted by atomic mass is 10.3. The number of hydrogen-bond donors (Lipinski definition) is 4. The van der Waals surface area contributed by atoms with Crippen molar-refractivity contribution < 1.29 is 24.0 Å². The molecule has 0 spiro atoms. The minimum Gasteiger partial charge on any atom is -0.339 e. The van der Waals surface area contributed by atoms with Crippen molar-refractivity contribution >= 4 is 166 Å². The molecule has 10 aliphatic heterocycles. The molecular weight excluding hydrogens is 877 g/mol. The molecule has 36 heteroatoms. The second kappa shape index (κ2) is 13.7. The second-order valence-corrected chi connectivity index (χ2v) is 12.8. The highest BCUT2D eigenvalue weighted by Gasteiger charge is 2.46. The van der Waals surface area contributed by atoms with E-state index in [2.05, 4.69) is 131 Å². The van der Waals surface area contributed by atoms with E-state index in [1.807, 2.05) is 0 Å². The van der Waals surface area contributed by atoms with Crippen molar-refractivity contribution in [3.05, 3.63) is 16.7 Å². The second-order valence-electron chi connectivity index (χ2n) is 12.8. The van der Waals surface area contributed by atoms with Gasteiger partial charge < -0.3 is 4.98 Å². The number of guanidine groups is 5. The zero-order valence-electron chi connectivity index (χ0n) is 31.5. The fraction of sp³-hybridized carbons (Fsp3) is 0. The van der Waals surface area contributed by atoms with Crippen LogP contribution in [0.15, 0.2) is 111 Å². The third-order valence-corrected chi connectivity index (χ3v) is 8.96. The van der Waals surface area contributed by atoms with Crippen LogP contribution in [-0.2, 0) is 24.0 Å². The number of aromatic amines is 2. The van der Waals surface area contributed by atoms with Crippen molar-refractivity contribution in [1.29, 1.82) is 0 Å². The van der Waals surface area contributed by atoms with E-state index >= 15 is 0 Å². The number of nitrogens with one attached hydrogen (secondary N) is 4. The minimum atomic E-state index is -1.07. The molecule has 0 saturated heterocycles. The van der Waals surface area contributed by atoms with Crippen LogP contribution in [0.1, 0.15) is 0 Å². The van der Waals surface area contributed by atoms with E-state index in [9.17, 15) is 28.8 Å². The largest absolute Gasteiger partial charge is 0.339 e. The fourth-order valence-corrected chi connectivity index (χ4v) is 6.18. The molecule has 10 aliphatic rings. The predicted octanol–water partition coefficient (Wildman–Crippen LogP) is -5.68. The smallest absolute Gasteiger partial charge is 0.302 e. The summed E-state index contributed by atoms with van der Waals surface area (Å²) in [5.74, 6) is -10.9. The molecule has 0 saturated carbocycles. The Morgan fingerprint density at radius 2 is 0.833 bits per heavy atom. The Kier molecular flexibility index (Phi) is 7.63. The number of H-pyrrole nitrogens is 2. The summed E-state index contributed by atoms with van der Waals surface area (Å²) in [6.07, 6.45) is 6.29. The number of aromatic nitrogens is 4. The Balaban J connectivity index is 1.14. The molecule has 36 nitrogen and oxygen atoms in total. The van der Waals surface area contributed by atoms with Crippen LogP contribution in [0.2, 0.25) is 0 Å². The predicted molar refractivity (Wildman–Crippen MR) is 228 cm³/mol. The van der Waals surface area contributed by atoms with Gasteiger partial charge >= 0.3 is 29.5 Å². The summed E-state index contributed by atoms with van der Waals surface area (Å²) >= 11 is 0. The van der Waals surface area contributed by atoms with Gasteiger partial charge in [0.2, 0.25) is 11.9 Å². The van der Waals surface area contributed by atoms with Crippen LogP contribution in [0, 0.1) is 0 Å². The number of nitrogens with zero attached hydrogens (tertiary/aromatic N) is 26. The Morgan fingerprint density at radius 1 is 0.439 bits per heavy atom. The molecule has 12 rings (SSSR count). The molecule has 2 aromatic heterocycles. The summed E-state index contributed by atoms with van der Waals surface area (Å²) in [7, 11) is 0. The number of amides is 5. The Morgan fingerprint density at radius 3 is 1.30 bits per heavy atom. The molecule has 316 valence electrons. The van der Waals surface area contributed by atoms with Crippen molar-refractivity contribution in [2.24, 2.45) is 99.8 Å². The number of hydrazine groups is 5. The highest BCUT2D eigenvalue weighted by Crippen LogP contribution is 2.24. The Hall–Kier alpha value is -11.1. The standard InChI is InChI=1S/C30H10N30O6/c61-19-7-13(37-1-31-7)43-25(49-19)55-57(27-45-15-9(21(63)51-27)33-3-39-15)59(29-47-17-11(23(65)53-29)35-5-41-17)60(30-48-18-12(24(66)54-30)36-6-42-18)58(28-46-16-10(22(64)52-28)34-4-40-16)56-26-44-14-8(20(62)50-26)32-2-38-14/h1-6H,(H,49,55,61)(H3,32,38,44,50,56,62). The normalized spacial score (nSPS) is 20.2. The van der Waals surface area contributed by atoms with Gasteiger partial charge in [-0.25, -0.2) is 65.8 Å². The van der Waals surface area contributed by atoms with Gasteiger partial charge in [-0.3, -0.25) is 33.8 Å². The number of amidine groups is 5. The van der Waals surface area contributed by atoms with Crippen molar-refractivity contribution in [3.8, 4) is 0 Å². The average molecular weight is 887 g/mol. The van der Waals surface area contributed by atoms with Gasteiger partial charge in [0.05, 0.1) is 6.33 Å². The van der Waals surface area contributed by atoms with E-state index in [1.165, 1.54) is 6.33 Å². The lowest BCUT2D eigenvalue weighted by Crippen LogP contribution is -2.71. The van der Waals surface area contributed by atoms with E-state index < -0.39 is 70.8 Å². The van der Waals surface area contributed by atoms with Gasteiger partial charge in [-0.15, -0.1) is 20.5 Å². The summed E-state index contributed by atoms with van der Waals surface area (Å²) < 4.78 is 0. The number of carbonyl (C=O) groups is 5. The number of anilines is 1. The van der Waals surface area contributed by atoms with Gasteiger partial charge in [0.1, 0.15) is 31.7 Å². The molecule has 4 N–H and O–H groups in total. The van der Waals surface area contributed by atoms with Gasteiger partial charge in [-0.05, 0) is 0 Å². The topological polar surface area (TPSA) is 444 Å². The van der Waals surface area contributed by atoms with Crippen molar-refractivity contribution in [2.75, 3.05) is 5.43 Å². The number of imidazole rings is 1. The van der Waals surface area contributed by atoms with E-state index in [-0.39, 0.29) is 68.9 Å². The molecule has 2 aromatic rings. The number of hydrogen-bond acceptors (Lipinski definition) is 29. The van der Waals surface area contributed by atoms with Crippen LogP contribution in [0.5, 0.6) is 0 Å². The zero-order chi connectivity index (χ0) is 44.8. The first-order valence-electron chi connectivity index (χ1n) is 17.9. The van der Waals surface area contributed by atoms with Gasteiger partial charge in [0, 0.05) is 0 Å². The third-order valence-electron chi connectivity index (χ3n) is 8.96. The third kappa shape index (κ3) is 5.79. The molecule has 0 atom stereocenters. The van der Waals surface area contributed by atoms with Gasteiger partial charge in [0.25, 0.3) is 29.4 Å². The van der Waals surface area contributed by atoms with E-state index in [1.54, 1.807) is 0 Å². The van der Waals surface area contributed by atoms with Crippen molar-refractivity contribution in [3.63, 3.8) is 0 Å². The first-order valence-corrected chi connectivity index (χ1v) is 17.9. The van der Waals surface area contributed by atoms with Crippen LogP contribution in [0.3, 0.4) is 0 Å². The molecule has 5 amide bonds.